The molecule has 0 aliphatic rings. The van der Waals surface area contributed by atoms with Gasteiger partial charge in [-0.2, -0.15) is 8.78 Å². The molecule has 0 aliphatic carbocycles. The molecule has 1 unspecified atom stereocenters. The zero-order valence-corrected chi connectivity index (χ0v) is 16.8. The maximum absolute atomic E-state index is 13.3. The summed E-state index contributed by atoms with van der Waals surface area (Å²) < 4.78 is 47.0. The van der Waals surface area contributed by atoms with Gasteiger partial charge >= 0.3 is 12.6 Å². The lowest BCUT2D eigenvalue weighted by atomic mass is 10.2. The highest BCUT2D eigenvalue weighted by Gasteiger charge is 2.22. The van der Waals surface area contributed by atoms with E-state index in [2.05, 4.69) is 10.1 Å². The first-order valence-electron chi connectivity index (χ1n) is 9.17. The highest BCUT2D eigenvalue weighted by Crippen LogP contribution is 2.16. The Kier molecular flexibility index (Phi) is 8.42. The number of ether oxygens (including phenoxy) is 2. The molecule has 0 aromatic heterocycles. The molecule has 31 heavy (non-hydrogen) atoms. The van der Waals surface area contributed by atoms with Crippen molar-refractivity contribution < 1.29 is 37.0 Å². The van der Waals surface area contributed by atoms with E-state index in [4.69, 9.17) is 4.74 Å². The molecule has 0 radical (unpaired) electrons. The Bertz CT molecular complexity index is 939. The largest absolute Gasteiger partial charge is 0.451 e. The van der Waals surface area contributed by atoms with Gasteiger partial charge in [0.05, 0.1) is 0 Å². The fraction of sp³-hybridized carbons (Fsp3) is 0.286. The van der Waals surface area contributed by atoms with E-state index in [0.29, 0.717) is 5.56 Å². The molecule has 2 amide bonds. The van der Waals surface area contributed by atoms with Gasteiger partial charge in [-0.3, -0.25) is 14.4 Å². The fourth-order valence-corrected chi connectivity index (χ4v) is 2.65. The first kappa shape index (κ1) is 23.7. The van der Waals surface area contributed by atoms with Crippen molar-refractivity contribution in [3.63, 3.8) is 0 Å². The molecule has 166 valence electrons. The smallest absolute Gasteiger partial charge is 0.387 e. The monoisotopic (exact) mass is 438 g/mol. The van der Waals surface area contributed by atoms with Crippen LogP contribution < -0.4 is 10.1 Å². The molecule has 7 nitrogen and oxygen atoms in total. The zero-order chi connectivity index (χ0) is 23.0. The van der Waals surface area contributed by atoms with Crippen LogP contribution in [0.1, 0.15) is 22.8 Å². The first-order chi connectivity index (χ1) is 14.7. The van der Waals surface area contributed by atoms with Crippen molar-refractivity contribution in [3.05, 3.63) is 65.5 Å². The predicted octanol–water partition coefficient (Wildman–Crippen LogP) is 2.75. The van der Waals surface area contributed by atoms with Crippen molar-refractivity contribution in [2.75, 3.05) is 13.6 Å². The number of benzene rings is 2. The quantitative estimate of drug-likeness (QED) is 0.609. The molecular formula is C21H21F3N2O5. The molecule has 2 rings (SSSR count). The van der Waals surface area contributed by atoms with E-state index in [9.17, 15) is 27.6 Å². The second-order valence-electron chi connectivity index (χ2n) is 6.55. The molecule has 0 bridgehead atoms. The third kappa shape index (κ3) is 7.65. The number of nitrogens with one attached hydrogen (secondary N) is 1. The number of esters is 1. The maximum atomic E-state index is 13.3. The van der Waals surface area contributed by atoms with Gasteiger partial charge in [0.1, 0.15) is 18.1 Å². The summed E-state index contributed by atoms with van der Waals surface area (Å²) >= 11 is 0. The van der Waals surface area contributed by atoms with Gasteiger partial charge in [-0.05, 0) is 42.8 Å². The summed E-state index contributed by atoms with van der Waals surface area (Å²) in [6.45, 7) is -2.09. The third-order valence-corrected chi connectivity index (χ3v) is 4.06. The fourth-order valence-electron chi connectivity index (χ4n) is 2.65. The SMILES string of the molecule is CC(OC(=O)CNC(=O)c1cccc(OC(F)F)c1)C(=O)N(C)Cc1cccc(F)c1. The highest BCUT2D eigenvalue weighted by molar-refractivity contribution is 5.96. The minimum Gasteiger partial charge on any atom is -0.451 e. The van der Waals surface area contributed by atoms with Crippen LogP contribution in [0.5, 0.6) is 5.75 Å². The van der Waals surface area contributed by atoms with E-state index in [1.54, 1.807) is 6.07 Å². The average molecular weight is 438 g/mol. The topological polar surface area (TPSA) is 84.9 Å². The van der Waals surface area contributed by atoms with Gasteiger partial charge in [0, 0.05) is 19.2 Å². The Morgan fingerprint density at radius 3 is 2.48 bits per heavy atom. The van der Waals surface area contributed by atoms with Crippen LogP contribution in [0.2, 0.25) is 0 Å². The number of amides is 2. The summed E-state index contributed by atoms with van der Waals surface area (Å²) in [7, 11) is 1.48. The number of rotatable bonds is 9. The van der Waals surface area contributed by atoms with Crippen LogP contribution in [-0.2, 0) is 20.9 Å². The van der Waals surface area contributed by atoms with E-state index in [0.717, 1.165) is 6.07 Å². The lowest BCUT2D eigenvalue weighted by molar-refractivity contribution is -0.157. The van der Waals surface area contributed by atoms with E-state index < -0.39 is 42.9 Å². The van der Waals surface area contributed by atoms with Gasteiger partial charge in [0.2, 0.25) is 0 Å². The predicted molar refractivity (Wildman–Crippen MR) is 104 cm³/mol. The summed E-state index contributed by atoms with van der Waals surface area (Å²) in [4.78, 5) is 37.7. The number of nitrogens with zero attached hydrogens (tertiary/aromatic N) is 1. The van der Waals surface area contributed by atoms with Gasteiger partial charge in [0.25, 0.3) is 11.8 Å². The summed E-state index contributed by atoms with van der Waals surface area (Å²) in [5.41, 5.74) is 0.574. The Morgan fingerprint density at radius 1 is 1.10 bits per heavy atom. The van der Waals surface area contributed by atoms with Crippen LogP contribution in [0, 0.1) is 5.82 Å². The van der Waals surface area contributed by atoms with Crippen molar-refractivity contribution in [1.82, 2.24) is 10.2 Å². The molecule has 10 heteroatoms. The molecule has 0 saturated carbocycles. The summed E-state index contributed by atoms with van der Waals surface area (Å²) in [6, 6.07) is 10.8. The van der Waals surface area contributed by atoms with Crippen LogP contribution in [0.4, 0.5) is 13.2 Å². The minimum atomic E-state index is -3.04. The van der Waals surface area contributed by atoms with Crippen LogP contribution in [0.25, 0.3) is 0 Å². The number of hydrogen-bond donors (Lipinski definition) is 1. The van der Waals surface area contributed by atoms with Crippen LogP contribution in [-0.4, -0.2) is 49.0 Å². The van der Waals surface area contributed by atoms with Crippen molar-refractivity contribution >= 4 is 17.8 Å². The summed E-state index contributed by atoms with van der Waals surface area (Å²) in [5.74, 6) is -2.72. The van der Waals surface area contributed by atoms with Gasteiger partial charge < -0.3 is 19.7 Å². The Hall–Kier alpha value is -3.56. The van der Waals surface area contributed by atoms with Crippen molar-refractivity contribution in [3.8, 4) is 5.75 Å². The molecule has 0 aliphatic heterocycles. The molecule has 2 aromatic rings. The highest BCUT2D eigenvalue weighted by atomic mass is 19.3. The number of carbonyl (C=O) groups is 3. The second-order valence-corrected chi connectivity index (χ2v) is 6.55. The first-order valence-corrected chi connectivity index (χ1v) is 9.17. The van der Waals surface area contributed by atoms with Gasteiger partial charge in [-0.25, -0.2) is 4.39 Å². The Morgan fingerprint density at radius 2 is 1.81 bits per heavy atom. The Labute approximate surface area is 176 Å². The minimum absolute atomic E-state index is 0.00454. The second kappa shape index (κ2) is 11.0. The van der Waals surface area contributed by atoms with Gasteiger partial charge in [-0.1, -0.05) is 18.2 Å². The summed E-state index contributed by atoms with van der Waals surface area (Å²) in [6.07, 6.45) is -1.13. The number of halogens is 3. The van der Waals surface area contributed by atoms with E-state index in [1.165, 1.54) is 55.3 Å². The van der Waals surface area contributed by atoms with E-state index in [1.807, 2.05) is 0 Å². The average Bonchev–Trinajstić information content (AvgIpc) is 2.71. The lowest BCUT2D eigenvalue weighted by Crippen LogP contribution is -2.39. The van der Waals surface area contributed by atoms with Crippen LogP contribution in [0.3, 0.4) is 0 Å². The van der Waals surface area contributed by atoms with Crippen LogP contribution in [0.15, 0.2) is 48.5 Å². The van der Waals surface area contributed by atoms with E-state index >= 15 is 0 Å². The number of likely N-dealkylation sites (N-methyl/N-ethyl adjacent to an activating group) is 1. The maximum Gasteiger partial charge on any atom is 0.387 e. The molecule has 1 atom stereocenters. The third-order valence-electron chi connectivity index (χ3n) is 4.06. The number of hydrogen-bond acceptors (Lipinski definition) is 5. The van der Waals surface area contributed by atoms with Gasteiger partial charge in [-0.15, -0.1) is 0 Å². The van der Waals surface area contributed by atoms with Crippen LogP contribution >= 0.6 is 0 Å². The summed E-state index contributed by atoms with van der Waals surface area (Å²) in [5, 5.41) is 2.28. The normalized spacial score (nSPS) is 11.5. The Balaban J connectivity index is 1.83. The molecule has 0 fully saturated rings. The lowest BCUT2D eigenvalue weighted by Gasteiger charge is -2.21. The number of alkyl halides is 2. The van der Waals surface area contributed by atoms with Crippen molar-refractivity contribution in [1.29, 1.82) is 0 Å². The van der Waals surface area contributed by atoms with Crippen molar-refractivity contribution in [2.24, 2.45) is 0 Å². The molecular weight excluding hydrogens is 417 g/mol. The molecule has 0 spiro atoms. The number of carbonyl (C=O) groups excluding carboxylic acids is 3. The standard InChI is InChI=1S/C21H21F3N2O5/c1-13(20(29)26(2)12-14-5-3-7-16(22)9-14)30-18(27)11-25-19(28)15-6-4-8-17(10-15)31-21(23)24/h3-10,13,21H,11-12H2,1-2H3,(H,25,28). The zero-order valence-electron chi connectivity index (χ0n) is 16.8. The molecule has 1 N–H and O–H groups in total. The van der Waals surface area contributed by atoms with Crippen molar-refractivity contribution in [2.45, 2.75) is 26.2 Å². The van der Waals surface area contributed by atoms with Gasteiger partial charge in [0.15, 0.2) is 6.10 Å². The molecule has 0 saturated heterocycles. The molecule has 0 heterocycles. The van der Waals surface area contributed by atoms with E-state index in [-0.39, 0.29) is 17.9 Å². The molecule has 2 aromatic carbocycles.